The Kier molecular flexibility index (Phi) is 4.83. The lowest BCUT2D eigenvalue weighted by molar-refractivity contribution is 0.0971. The molecule has 1 saturated heterocycles. The van der Waals surface area contributed by atoms with Gasteiger partial charge in [0.1, 0.15) is 0 Å². The average Bonchev–Trinajstić information content (AvgIpc) is 2.48. The topological polar surface area (TPSA) is 29.5 Å². The second-order valence-electron chi connectivity index (χ2n) is 5.06. The van der Waals surface area contributed by atoms with Crippen LogP contribution in [0, 0.1) is 0 Å². The first-order valence-corrected chi connectivity index (χ1v) is 7.25. The van der Waals surface area contributed by atoms with E-state index < -0.39 is 0 Å². The van der Waals surface area contributed by atoms with Gasteiger partial charge < -0.3 is 9.64 Å². The van der Waals surface area contributed by atoms with Crippen molar-refractivity contribution in [3.63, 3.8) is 0 Å². The number of amides is 1. The van der Waals surface area contributed by atoms with Crippen molar-refractivity contribution in [3.05, 3.63) is 35.4 Å². The summed E-state index contributed by atoms with van der Waals surface area (Å²) in [5.74, 6) is 0.580. The van der Waals surface area contributed by atoms with Crippen LogP contribution >= 0.6 is 0 Å². The van der Waals surface area contributed by atoms with Gasteiger partial charge in [-0.3, -0.25) is 0 Å². The molecule has 0 aromatic heterocycles. The Bertz CT molecular complexity index is 405. The van der Waals surface area contributed by atoms with Gasteiger partial charge in [-0.1, -0.05) is 31.2 Å². The summed E-state index contributed by atoms with van der Waals surface area (Å²) in [4.78, 5) is 13.4. The lowest BCUT2D eigenvalue weighted by atomic mass is 9.89. The zero-order valence-corrected chi connectivity index (χ0v) is 11.9. The molecule has 3 nitrogen and oxygen atoms in total. The van der Waals surface area contributed by atoms with Crippen LogP contribution in [0.2, 0.25) is 0 Å². The summed E-state index contributed by atoms with van der Waals surface area (Å²) < 4.78 is 5.04. The number of carbonyl (C=O) groups is 1. The molecule has 0 unspecified atom stereocenters. The highest BCUT2D eigenvalue weighted by molar-refractivity contribution is 5.67. The smallest absolute Gasteiger partial charge is 0.409 e. The summed E-state index contributed by atoms with van der Waals surface area (Å²) in [5, 5.41) is 0. The van der Waals surface area contributed by atoms with Crippen molar-refractivity contribution >= 4 is 6.09 Å². The molecule has 104 valence electrons. The summed E-state index contributed by atoms with van der Waals surface area (Å²) in [7, 11) is 0. The summed E-state index contributed by atoms with van der Waals surface area (Å²) in [6.07, 6.45) is 2.98. The van der Waals surface area contributed by atoms with Crippen LogP contribution in [0.3, 0.4) is 0 Å². The Balaban J connectivity index is 1.90. The van der Waals surface area contributed by atoms with E-state index in [1.165, 1.54) is 11.1 Å². The predicted molar refractivity (Wildman–Crippen MR) is 76.4 cm³/mol. The molecule has 0 atom stereocenters. The lowest BCUT2D eigenvalue weighted by Gasteiger charge is -2.31. The molecular formula is C16H23NO2. The fourth-order valence-electron chi connectivity index (χ4n) is 2.64. The van der Waals surface area contributed by atoms with Gasteiger partial charge in [0.05, 0.1) is 6.61 Å². The highest BCUT2D eigenvalue weighted by atomic mass is 16.6. The Hall–Kier alpha value is -1.51. The van der Waals surface area contributed by atoms with Crippen molar-refractivity contribution in [3.8, 4) is 0 Å². The quantitative estimate of drug-likeness (QED) is 0.832. The summed E-state index contributed by atoms with van der Waals surface area (Å²) in [6.45, 7) is 6.09. The number of benzene rings is 1. The zero-order chi connectivity index (χ0) is 13.7. The molecule has 1 amide bonds. The van der Waals surface area contributed by atoms with Gasteiger partial charge in [0, 0.05) is 13.1 Å². The highest BCUT2D eigenvalue weighted by Gasteiger charge is 2.24. The van der Waals surface area contributed by atoms with Gasteiger partial charge in [-0.25, -0.2) is 4.79 Å². The second-order valence-corrected chi connectivity index (χ2v) is 5.06. The summed E-state index contributed by atoms with van der Waals surface area (Å²) >= 11 is 0. The molecular weight excluding hydrogens is 238 g/mol. The lowest BCUT2D eigenvalue weighted by Crippen LogP contribution is -2.38. The van der Waals surface area contributed by atoms with E-state index in [1.807, 2.05) is 11.8 Å². The van der Waals surface area contributed by atoms with E-state index in [2.05, 4.69) is 31.2 Å². The molecule has 1 fully saturated rings. The summed E-state index contributed by atoms with van der Waals surface area (Å²) in [6, 6.07) is 8.91. The molecule has 0 radical (unpaired) electrons. The maximum atomic E-state index is 11.6. The first kappa shape index (κ1) is 13.9. The molecule has 0 N–H and O–H groups in total. The number of aryl methyl sites for hydroxylation is 1. The monoisotopic (exact) mass is 261 g/mol. The number of carbonyl (C=O) groups excluding carboxylic acids is 1. The molecule has 0 saturated carbocycles. The Morgan fingerprint density at radius 2 is 1.84 bits per heavy atom. The van der Waals surface area contributed by atoms with Crippen molar-refractivity contribution in [2.45, 2.75) is 39.0 Å². The van der Waals surface area contributed by atoms with Crippen LogP contribution in [0.25, 0.3) is 0 Å². The van der Waals surface area contributed by atoms with Crippen LogP contribution in [-0.4, -0.2) is 30.7 Å². The van der Waals surface area contributed by atoms with Gasteiger partial charge in [0.15, 0.2) is 0 Å². The van der Waals surface area contributed by atoms with Crippen LogP contribution in [0.1, 0.15) is 43.7 Å². The van der Waals surface area contributed by atoms with Crippen LogP contribution in [0.5, 0.6) is 0 Å². The third-order valence-corrected chi connectivity index (χ3v) is 3.88. The molecule has 0 spiro atoms. The van der Waals surface area contributed by atoms with E-state index in [-0.39, 0.29) is 6.09 Å². The SMILES string of the molecule is CCOC(=O)N1CCC(c2ccc(CC)cc2)CC1. The molecule has 3 heteroatoms. The summed E-state index contributed by atoms with van der Waals surface area (Å²) in [5.41, 5.74) is 2.79. The fourth-order valence-corrected chi connectivity index (χ4v) is 2.64. The third kappa shape index (κ3) is 3.49. The first-order chi connectivity index (χ1) is 9.24. The number of ether oxygens (including phenoxy) is 1. The van der Waals surface area contributed by atoms with Gasteiger partial charge in [-0.2, -0.15) is 0 Å². The van der Waals surface area contributed by atoms with Crippen LogP contribution in [-0.2, 0) is 11.2 Å². The molecule has 1 aromatic rings. The van der Waals surface area contributed by atoms with E-state index in [9.17, 15) is 4.79 Å². The van der Waals surface area contributed by atoms with E-state index in [0.717, 1.165) is 32.4 Å². The fraction of sp³-hybridized carbons (Fsp3) is 0.562. The van der Waals surface area contributed by atoms with Gasteiger partial charge in [0.25, 0.3) is 0 Å². The number of likely N-dealkylation sites (tertiary alicyclic amines) is 1. The molecule has 1 aromatic carbocycles. The van der Waals surface area contributed by atoms with Crippen molar-refractivity contribution in [2.75, 3.05) is 19.7 Å². The van der Waals surface area contributed by atoms with Crippen molar-refractivity contribution in [1.29, 1.82) is 0 Å². The Morgan fingerprint density at radius 3 is 2.37 bits per heavy atom. The van der Waals surface area contributed by atoms with Gasteiger partial charge >= 0.3 is 6.09 Å². The van der Waals surface area contributed by atoms with E-state index >= 15 is 0 Å². The van der Waals surface area contributed by atoms with Crippen LogP contribution < -0.4 is 0 Å². The minimum absolute atomic E-state index is 0.165. The predicted octanol–water partition coefficient (Wildman–Crippen LogP) is 3.58. The van der Waals surface area contributed by atoms with Crippen molar-refractivity contribution in [2.24, 2.45) is 0 Å². The zero-order valence-electron chi connectivity index (χ0n) is 11.9. The molecule has 0 aliphatic carbocycles. The normalized spacial score (nSPS) is 16.4. The van der Waals surface area contributed by atoms with Crippen LogP contribution in [0.4, 0.5) is 4.79 Å². The molecule has 19 heavy (non-hydrogen) atoms. The van der Waals surface area contributed by atoms with Crippen molar-refractivity contribution in [1.82, 2.24) is 4.90 Å². The minimum atomic E-state index is -0.165. The number of hydrogen-bond acceptors (Lipinski definition) is 2. The average molecular weight is 261 g/mol. The maximum absolute atomic E-state index is 11.6. The number of hydrogen-bond donors (Lipinski definition) is 0. The van der Waals surface area contributed by atoms with Gasteiger partial charge in [-0.15, -0.1) is 0 Å². The molecule has 0 bridgehead atoms. The molecule has 1 heterocycles. The van der Waals surface area contributed by atoms with Crippen LogP contribution in [0.15, 0.2) is 24.3 Å². The molecule has 1 aliphatic rings. The minimum Gasteiger partial charge on any atom is -0.450 e. The van der Waals surface area contributed by atoms with Gasteiger partial charge in [0.2, 0.25) is 0 Å². The number of nitrogens with zero attached hydrogens (tertiary/aromatic N) is 1. The maximum Gasteiger partial charge on any atom is 0.409 e. The third-order valence-electron chi connectivity index (χ3n) is 3.88. The van der Waals surface area contributed by atoms with E-state index in [1.54, 1.807) is 0 Å². The number of rotatable bonds is 3. The largest absolute Gasteiger partial charge is 0.450 e. The van der Waals surface area contributed by atoms with Gasteiger partial charge in [-0.05, 0) is 43.2 Å². The molecule has 2 rings (SSSR count). The number of piperidine rings is 1. The first-order valence-electron chi connectivity index (χ1n) is 7.25. The second kappa shape index (κ2) is 6.60. The van der Waals surface area contributed by atoms with E-state index in [0.29, 0.717) is 12.5 Å². The van der Waals surface area contributed by atoms with E-state index in [4.69, 9.17) is 4.74 Å². The Labute approximate surface area is 115 Å². The standard InChI is InChI=1S/C16H23NO2/c1-3-13-5-7-14(8-6-13)15-9-11-17(12-10-15)16(18)19-4-2/h5-8,15H,3-4,9-12H2,1-2H3. The highest BCUT2D eigenvalue weighted by Crippen LogP contribution is 2.28. The Morgan fingerprint density at radius 1 is 1.21 bits per heavy atom. The molecule has 1 aliphatic heterocycles. The van der Waals surface area contributed by atoms with Crippen molar-refractivity contribution < 1.29 is 9.53 Å².